The minimum Gasteiger partial charge on any atom is -0.341 e. The van der Waals surface area contributed by atoms with E-state index in [4.69, 9.17) is 0 Å². The van der Waals surface area contributed by atoms with Gasteiger partial charge in [0.15, 0.2) is 0 Å². The van der Waals surface area contributed by atoms with E-state index in [0.717, 1.165) is 31.6 Å². The van der Waals surface area contributed by atoms with Crippen LogP contribution in [0, 0.1) is 6.92 Å². The number of amides is 2. The van der Waals surface area contributed by atoms with Crippen molar-refractivity contribution in [3.8, 4) is 0 Å². The molecule has 0 bridgehead atoms. The summed E-state index contributed by atoms with van der Waals surface area (Å²) in [5.74, 6) is -0.0136. The number of hydrogen-bond acceptors (Lipinski definition) is 4. The summed E-state index contributed by atoms with van der Waals surface area (Å²) in [7, 11) is 0. The van der Waals surface area contributed by atoms with Crippen molar-refractivity contribution < 1.29 is 9.59 Å². The van der Waals surface area contributed by atoms with Gasteiger partial charge in [0.25, 0.3) is 5.56 Å². The van der Waals surface area contributed by atoms with Crippen LogP contribution in [0.15, 0.2) is 23.0 Å². The Morgan fingerprint density at radius 2 is 1.96 bits per heavy atom. The van der Waals surface area contributed by atoms with Crippen molar-refractivity contribution in [2.75, 3.05) is 32.7 Å². The highest BCUT2D eigenvalue weighted by atomic mass is 16.2. The van der Waals surface area contributed by atoms with Gasteiger partial charge < -0.3 is 19.7 Å². The zero-order valence-corrected chi connectivity index (χ0v) is 14.7. The van der Waals surface area contributed by atoms with Crippen LogP contribution in [0.3, 0.4) is 0 Å². The van der Waals surface area contributed by atoms with Crippen molar-refractivity contribution in [3.63, 3.8) is 0 Å². The fraction of sp³-hybridized carbons (Fsp3) is 0.611. The van der Waals surface area contributed by atoms with Gasteiger partial charge in [0.1, 0.15) is 6.04 Å². The zero-order chi connectivity index (χ0) is 17.8. The Kier molecular flexibility index (Phi) is 5.53. The number of aromatic nitrogens is 1. The quantitative estimate of drug-likeness (QED) is 0.831. The molecule has 2 aliphatic heterocycles. The first kappa shape index (κ1) is 17.7. The number of nitrogens with zero attached hydrogens (tertiary/aromatic N) is 3. The van der Waals surface area contributed by atoms with Gasteiger partial charge in [-0.3, -0.25) is 14.4 Å². The van der Waals surface area contributed by atoms with E-state index in [1.54, 1.807) is 15.5 Å². The second-order valence-electron chi connectivity index (χ2n) is 6.75. The number of pyridine rings is 1. The summed E-state index contributed by atoms with van der Waals surface area (Å²) >= 11 is 0. The van der Waals surface area contributed by atoms with Gasteiger partial charge in [-0.15, -0.1) is 0 Å². The lowest BCUT2D eigenvalue weighted by molar-refractivity contribution is -0.146. The van der Waals surface area contributed by atoms with Gasteiger partial charge in [-0.25, -0.2) is 0 Å². The molecule has 7 nitrogen and oxygen atoms in total. The minimum absolute atomic E-state index is 0.0473. The van der Waals surface area contributed by atoms with E-state index in [2.05, 4.69) is 5.32 Å². The fourth-order valence-corrected chi connectivity index (χ4v) is 3.63. The van der Waals surface area contributed by atoms with Gasteiger partial charge in [-0.2, -0.15) is 0 Å². The van der Waals surface area contributed by atoms with Gasteiger partial charge in [0, 0.05) is 57.4 Å². The molecule has 7 heteroatoms. The average molecular weight is 346 g/mol. The molecular weight excluding hydrogens is 320 g/mol. The smallest absolute Gasteiger partial charge is 0.250 e. The predicted octanol–water partition coefficient (Wildman–Crippen LogP) is -0.0304. The monoisotopic (exact) mass is 346 g/mol. The summed E-state index contributed by atoms with van der Waals surface area (Å²) in [5, 5.41) is 3.22. The third-order valence-electron chi connectivity index (χ3n) is 5.08. The highest BCUT2D eigenvalue weighted by Gasteiger charge is 2.35. The Morgan fingerprint density at radius 1 is 1.20 bits per heavy atom. The van der Waals surface area contributed by atoms with Crippen LogP contribution in [-0.2, 0) is 16.1 Å². The summed E-state index contributed by atoms with van der Waals surface area (Å²) in [6.45, 7) is 5.51. The van der Waals surface area contributed by atoms with Crippen LogP contribution in [0.5, 0.6) is 0 Å². The van der Waals surface area contributed by atoms with Gasteiger partial charge in [0.2, 0.25) is 11.8 Å². The molecule has 1 aromatic rings. The molecule has 136 valence electrons. The van der Waals surface area contributed by atoms with Crippen molar-refractivity contribution in [1.29, 1.82) is 0 Å². The second-order valence-corrected chi connectivity index (χ2v) is 6.75. The van der Waals surface area contributed by atoms with Crippen LogP contribution in [0.25, 0.3) is 0 Å². The lowest BCUT2D eigenvalue weighted by atomic mass is 10.1. The van der Waals surface area contributed by atoms with Crippen LogP contribution in [0.4, 0.5) is 0 Å². The molecule has 0 unspecified atom stereocenters. The predicted molar refractivity (Wildman–Crippen MR) is 94.2 cm³/mol. The van der Waals surface area contributed by atoms with E-state index in [1.165, 1.54) is 6.07 Å². The Bertz CT molecular complexity index is 694. The van der Waals surface area contributed by atoms with E-state index in [1.807, 2.05) is 17.9 Å². The first-order chi connectivity index (χ1) is 12.1. The lowest BCUT2D eigenvalue weighted by Crippen LogP contribution is -2.60. The number of likely N-dealkylation sites (tertiary alicyclic amines) is 1. The molecule has 0 radical (unpaired) electrons. The van der Waals surface area contributed by atoms with Crippen LogP contribution in [-0.4, -0.2) is 64.9 Å². The maximum Gasteiger partial charge on any atom is 0.250 e. The third kappa shape index (κ3) is 3.92. The number of aryl methyl sites for hydroxylation is 1. The van der Waals surface area contributed by atoms with Crippen LogP contribution in [0.2, 0.25) is 0 Å². The van der Waals surface area contributed by atoms with Gasteiger partial charge in [-0.1, -0.05) is 6.07 Å². The van der Waals surface area contributed by atoms with Crippen LogP contribution >= 0.6 is 0 Å². The number of carbonyl (C=O) groups excluding carboxylic acids is 2. The molecule has 0 spiro atoms. The van der Waals surface area contributed by atoms with E-state index in [-0.39, 0.29) is 23.8 Å². The Morgan fingerprint density at radius 3 is 2.68 bits per heavy atom. The SMILES string of the molecule is Cc1cccc(=O)n1CCC(=O)N1CCNC[C@@H]1C(=O)N1CCCC1. The summed E-state index contributed by atoms with van der Waals surface area (Å²) < 4.78 is 1.61. The molecule has 2 saturated heterocycles. The molecule has 25 heavy (non-hydrogen) atoms. The Hall–Kier alpha value is -2.15. The molecule has 1 N–H and O–H groups in total. The molecule has 1 aromatic heterocycles. The summed E-state index contributed by atoms with van der Waals surface area (Å²) in [4.78, 5) is 41.0. The van der Waals surface area contributed by atoms with Crippen LogP contribution in [0.1, 0.15) is 25.0 Å². The molecule has 2 amide bonds. The van der Waals surface area contributed by atoms with Crippen molar-refractivity contribution >= 4 is 11.8 Å². The summed E-state index contributed by atoms with van der Waals surface area (Å²) in [6, 6.07) is 4.66. The standard InChI is InChI=1S/C18H26N4O3/c1-14-5-4-6-16(23)21(14)11-7-17(24)22-12-8-19-13-15(22)18(25)20-9-2-3-10-20/h4-6,15,19H,2-3,7-13H2,1H3/t15-/m1/s1. The summed E-state index contributed by atoms with van der Waals surface area (Å²) in [6.07, 6.45) is 2.31. The molecule has 3 rings (SSSR count). The highest BCUT2D eigenvalue weighted by molar-refractivity contribution is 5.88. The second kappa shape index (κ2) is 7.82. The number of rotatable bonds is 4. The maximum atomic E-state index is 12.7. The fourth-order valence-electron chi connectivity index (χ4n) is 3.63. The minimum atomic E-state index is -0.423. The summed E-state index contributed by atoms with van der Waals surface area (Å²) in [5.41, 5.74) is 0.739. The highest BCUT2D eigenvalue weighted by Crippen LogP contribution is 2.14. The van der Waals surface area contributed by atoms with Crippen LogP contribution < -0.4 is 10.9 Å². The number of hydrogen-bond donors (Lipinski definition) is 1. The van der Waals surface area contributed by atoms with E-state index >= 15 is 0 Å². The van der Waals surface area contributed by atoms with Gasteiger partial charge >= 0.3 is 0 Å². The van der Waals surface area contributed by atoms with Gasteiger partial charge in [-0.05, 0) is 25.8 Å². The van der Waals surface area contributed by atoms with Crippen molar-refractivity contribution in [1.82, 2.24) is 19.7 Å². The normalized spacial score (nSPS) is 20.8. The van der Waals surface area contributed by atoms with Crippen molar-refractivity contribution in [3.05, 3.63) is 34.2 Å². The molecule has 2 fully saturated rings. The topological polar surface area (TPSA) is 74.6 Å². The number of piperazine rings is 1. The third-order valence-corrected chi connectivity index (χ3v) is 5.08. The Balaban J connectivity index is 1.66. The molecule has 0 saturated carbocycles. The van der Waals surface area contributed by atoms with E-state index in [9.17, 15) is 14.4 Å². The molecule has 0 aromatic carbocycles. The largest absolute Gasteiger partial charge is 0.341 e. The van der Waals surface area contributed by atoms with E-state index < -0.39 is 6.04 Å². The Labute approximate surface area is 147 Å². The first-order valence-electron chi connectivity index (χ1n) is 9.03. The lowest BCUT2D eigenvalue weighted by Gasteiger charge is -2.37. The first-order valence-corrected chi connectivity index (χ1v) is 9.03. The molecular formula is C18H26N4O3. The molecule has 0 aliphatic carbocycles. The van der Waals surface area contributed by atoms with Gasteiger partial charge in [0.05, 0.1) is 0 Å². The average Bonchev–Trinajstić information content (AvgIpc) is 3.15. The maximum absolute atomic E-state index is 12.7. The molecule has 2 aliphatic rings. The molecule has 3 heterocycles. The number of nitrogens with one attached hydrogen (secondary N) is 1. The molecule has 1 atom stereocenters. The zero-order valence-electron chi connectivity index (χ0n) is 14.7. The van der Waals surface area contributed by atoms with E-state index in [0.29, 0.717) is 26.2 Å². The van der Waals surface area contributed by atoms with Crippen molar-refractivity contribution in [2.45, 2.75) is 38.8 Å². The van der Waals surface area contributed by atoms with Crippen molar-refractivity contribution in [2.24, 2.45) is 0 Å². The number of carbonyl (C=O) groups is 2.